The minimum absolute atomic E-state index is 0.0802. The summed E-state index contributed by atoms with van der Waals surface area (Å²) in [6.45, 7) is 3.92. The highest BCUT2D eigenvalue weighted by atomic mass is 16.3. The van der Waals surface area contributed by atoms with Gasteiger partial charge in [0.25, 0.3) is 0 Å². The number of aliphatic hydroxyl groups is 5. The Labute approximate surface area is 280 Å². The highest BCUT2D eigenvalue weighted by Crippen LogP contribution is 2.34. The molecule has 1 rings (SSSR count). The van der Waals surface area contributed by atoms with Crippen LogP contribution in [0, 0.1) is 11.8 Å². The number of nitrogens with one attached hydrogen (secondary N) is 1. The summed E-state index contributed by atoms with van der Waals surface area (Å²) in [6, 6.07) is -0.894. The van der Waals surface area contributed by atoms with Crippen molar-refractivity contribution in [2.24, 2.45) is 11.8 Å². The van der Waals surface area contributed by atoms with Gasteiger partial charge in [-0.3, -0.25) is 9.59 Å². The first-order valence-corrected chi connectivity index (χ1v) is 19.1. The first-order chi connectivity index (χ1) is 22.2. The molecule has 0 aromatic heterocycles. The van der Waals surface area contributed by atoms with Crippen LogP contribution >= 0.6 is 0 Å². The monoisotopic (exact) mass is 654 g/mol. The van der Waals surface area contributed by atoms with Crippen LogP contribution in [-0.2, 0) is 9.59 Å². The maximum absolute atomic E-state index is 12.5. The molecule has 0 heterocycles. The fourth-order valence-corrected chi connectivity index (χ4v) is 6.70. The van der Waals surface area contributed by atoms with Crippen LogP contribution in [0.25, 0.3) is 0 Å². The number of hydrogen-bond donors (Lipinski definition) is 6. The minimum Gasteiger partial charge on any atom is -0.394 e. The van der Waals surface area contributed by atoms with Crippen LogP contribution in [0.2, 0.25) is 0 Å². The van der Waals surface area contributed by atoms with Gasteiger partial charge in [-0.1, -0.05) is 142 Å². The van der Waals surface area contributed by atoms with Crippen molar-refractivity contribution in [1.29, 1.82) is 0 Å². The SMILES string of the molecule is CCCCCCCCCCCCCCC(O)C(O)[C@H](CO)NC(=O)CCCCCC[C@H]1C(=O)C[C@@H](O)[C@@H]1/C=C/[C@@H](O)CCCCC. The van der Waals surface area contributed by atoms with Gasteiger partial charge in [-0.05, 0) is 25.7 Å². The molecule has 270 valence electrons. The Morgan fingerprint density at radius 1 is 0.783 bits per heavy atom. The molecule has 1 saturated carbocycles. The van der Waals surface area contributed by atoms with Crippen LogP contribution < -0.4 is 5.32 Å². The highest BCUT2D eigenvalue weighted by Gasteiger charge is 2.39. The molecule has 7 atom stereocenters. The van der Waals surface area contributed by atoms with Gasteiger partial charge in [0.15, 0.2) is 0 Å². The van der Waals surface area contributed by atoms with E-state index in [2.05, 4.69) is 19.2 Å². The van der Waals surface area contributed by atoms with Gasteiger partial charge in [-0.15, -0.1) is 0 Å². The molecule has 1 aliphatic rings. The van der Waals surface area contributed by atoms with Gasteiger partial charge in [-0.2, -0.15) is 0 Å². The van der Waals surface area contributed by atoms with Crippen LogP contribution in [0.5, 0.6) is 0 Å². The van der Waals surface area contributed by atoms with Gasteiger partial charge in [-0.25, -0.2) is 0 Å². The standard InChI is InChI=1S/C38H71NO7/c1-3-5-7-8-9-10-11-12-13-14-15-20-24-34(42)38(46)33(29-40)39-37(45)25-21-17-16-19-23-31-32(36(44)28-35(31)43)27-26-30(41)22-18-6-4-2/h26-27,30-34,36,38,40-42,44,46H,3-25,28-29H2,1-2H3,(H,39,45)/b27-26+/t30-,31+,32+,33-,34?,36+,38?/m0/s1. The number of carbonyl (C=O) groups excluding carboxylic acids is 2. The van der Waals surface area contributed by atoms with Crippen LogP contribution in [0.15, 0.2) is 12.2 Å². The van der Waals surface area contributed by atoms with E-state index in [0.29, 0.717) is 25.7 Å². The Morgan fingerprint density at radius 2 is 1.30 bits per heavy atom. The van der Waals surface area contributed by atoms with Crippen molar-refractivity contribution in [2.45, 2.75) is 198 Å². The van der Waals surface area contributed by atoms with E-state index in [-0.39, 0.29) is 36.4 Å². The lowest BCUT2D eigenvalue weighted by molar-refractivity contribution is -0.124. The third-order valence-corrected chi connectivity index (χ3v) is 9.76. The maximum atomic E-state index is 12.5. The van der Waals surface area contributed by atoms with E-state index in [1.165, 1.54) is 57.8 Å². The minimum atomic E-state index is -1.21. The highest BCUT2D eigenvalue weighted by molar-refractivity contribution is 5.84. The fraction of sp³-hybridized carbons (Fsp3) is 0.895. The van der Waals surface area contributed by atoms with Crippen LogP contribution in [0.3, 0.4) is 0 Å². The lowest BCUT2D eigenvalue weighted by atomic mass is 9.88. The molecule has 0 aromatic rings. The third kappa shape index (κ3) is 19.5. The predicted octanol–water partition coefficient (Wildman–Crippen LogP) is 6.68. The lowest BCUT2D eigenvalue weighted by Gasteiger charge is -2.26. The van der Waals surface area contributed by atoms with Crippen molar-refractivity contribution in [3.8, 4) is 0 Å². The van der Waals surface area contributed by atoms with Crippen LogP contribution in [0.1, 0.15) is 168 Å². The second-order valence-corrected chi connectivity index (χ2v) is 13.9. The summed E-state index contributed by atoms with van der Waals surface area (Å²) in [4.78, 5) is 25.0. The molecule has 6 N–H and O–H groups in total. The zero-order chi connectivity index (χ0) is 34.0. The van der Waals surface area contributed by atoms with E-state index in [9.17, 15) is 35.1 Å². The van der Waals surface area contributed by atoms with E-state index < -0.39 is 37.1 Å². The summed E-state index contributed by atoms with van der Waals surface area (Å²) in [6.07, 6.45) is 23.3. The summed E-state index contributed by atoms with van der Waals surface area (Å²) in [5.74, 6) is -0.661. The molecular formula is C38H71NO7. The van der Waals surface area contributed by atoms with Crippen LogP contribution in [0.4, 0.5) is 0 Å². The number of aliphatic hydroxyl groups excluding tert-OH is 5. The molecule has 8 nitrogen and oxygen atoms in total. The van der Waals surface area contributed by atoms with Gasteiger partial charge in [0.2, 0.25) is 5.91 Å². The number of carbonyl (C=O) groups is 2. The molecule has 46 heavy (non-hydrogen) atoms. The number of hydrogen-bond acceptors (Lipinski definition) is 7. The number of Topliss-reactive ketones (excluding diaryl/α,β-unsaturated/α-hetero) is 1. The first-order valence-electron chi connectivity index (χ1n) is 19.1. The van der Waals surface area contributed by atoms with Crippen molar-refractivity contribution in [3.63, 3.8) is 0 Å². The average molecular weight is 654 g/mol. The summed E-state index contributed by atoms with van der Waals surface area (Å²) in [5.41, 5.74) is 0. The number of unbranched alkanes of at least 4 members (excludes halogenated alkanes) is 16. The molecule has 0 aliphatic heterocycles. The van der Waals surface area contributed by atoms with Gasteiger partial charge in [0, 0.05) is 24.7 Å². The predicted molar refractivity (Wildman–Crippen MR) is 186 cm³/mol. The average Bonchev–Trinajstić information content (AvgIpc) is 3.31. The Balaban J connectivity index is 2.20. The van der Waals surface area contributed by atoms with E-state index in [1.807, 2.05) is 6.08 Å². The smallest absolute Gasteiger partial charge is 0.220 e. The topological polar surface area (TPSA) is 147 Å². The lowest BCUT2D eigenvalue weighted by Crippen LogP contribution is -2.50. The normalized spacial score (nSPS) is 21.1. The number of ketones is 1. The Hall–Kier alpha value is -1.32. The van der Waals surface area contributed by atoms with E-state index in [1.54, 1.807) is 6.08 Å². The quantitative estimate of drug-likeness (QED) is 0.0374. The Kier molecular flexibility index (Phi) is 25.6. The molecule has 1 fully saturated rings. The summed E-state index contributed by atoms with van der Waals surface area (Å²) in [7, 11) is 0. The second kappa shape index (κ2) is 27.6. The van der Waals surface area contributed by atoms with Crippen molar-refractivity contribution in [1.82, 2.24) is 5.32 Å². The molecule has 0 radical (unpaired) electrons. The first kappa shape index (κ1) is 42.7. The second-order valence-electron chi connectivity index (χ2n) is 13.9. The van der Waals surface area contributed by atoms with Gasteiger partial charge >= 0.3 is 0 Å². The zero-order valence-electron chi connectivity index (χ0n) is 29.4. The van der Waals surface area contributed by atoms with Crippen molar-refractivity contribution in [2.75, 3.05) is 6.61 Å². The maximum Gasteiger partial charge on any atom is 0.220 e. The molecule has 0 spiro atoms. The molecule has 1 aliphatic carbocycles. The van der Waals surface area contributed by atoms with Crippen molar-refractivity contribution >= 4 is 11.7 Å². The molecule has 2 unspecified atom stereocenters. The van der Waals surface area contributed by atoms with Crippen molar-refractivity contribution < 1.29 is 35.1 Å². The molecule has 8 heteroatoms. The number of amides is 1. The summed E-state index contributed by atoms with van der Waals surface area (Å²) < 4.78 is 0. The van der Waals surface area contributed by atoms with Gasteiger partial charge in [0.05, 0.1) is 31.0 Å². The van der Waals surface area contributed by atoms with E-state index in [4.69, 9.17) is 0 Å². The Morgan fingerprint density at radius 3 is 1.91 bits per heavy atom. The Bertz CT molecular complexity index is 791. The van der Waals surface area contributed by atoms with Gasteiger partial charge < -0.3 is 30.8 Å². The third-order valence-electron chi connectivity index (χ3n) is 9.76. The number of rotatable bonds is 30. The summed E-state index contributed by atoms with van der Waals surface area (Å²) >= 11 is 0. The molecule has 0 aromatic carbocycles. The molecule has 0 saturated heterocycles. The molecule has 1 amide bonds. The zero-order valence-corrected chi connectivity index (χ0v) is 29.4. The van der Waals surface area contributed by atoms with Crippen molar-refractivity contribution in [3.05, 3.63) is 12.2 Å². The van der Waals surface area contributed by atoms with Gasteiger partial charge in [0.1, 0.15) is 11.9 Å². The van der Waals surface area contributed by atoms with E-state index in [0.717, 1.165) is 57.8 Å². The fourth-order valence-electron chi connectivity index (χ4n) is 6.70. The summed E-state index contributed by atoms with van der Waals surface area (Å²) in [5, 5.41) is 54.0. The van der Waals surface area contributed by atoms with E-state index >= 15 is 0 Å². The molecule has 0 bridgehead atoms. The molecular weight excluding hydrogens is 582 g/mol. The van der Waals surface area contributed by atoms with Crippen LogP contribution in [-0.4, -0.2) is 74.3 Å². The largest absolute Gasteiger partial charge is 0.394 e.